The van der Waals surface area contributed by atoms with Crippen molar-refractivity contribution in [3.63, 3.8) is 0 Å². The second-order valence-electron chi connectivity index (χ2n) is 3.59. The highest BCUT2D eigenvalue weighted by Gasteiger charge is 2.05. The first-order chi connectivity index (χ1) is 7.58. The van der Waals surface area contributed by atoms with E-state index in [9.17, 15) is 9.18 Å². The van der Waals surface area contributed by atoms with Crippen LogP contribution in [-0.2, 0) is 9.53 Å². The maximum Gasteiger partial charge on any atom is 0.309 e. The molecule has 16 heavy (non-hydrogen) atoms. The monoisotopic (exact) mass is 226 g/mol. The van der Waals surface area contributed by atoms with Crippen LogP contribution in [0, 0.1) is 5.82 Å². The zero-order chi connectivity index (χ0) is 12.0. The van der Waals surface area contributed by atoms with E-state index in [-0.39, 0.29) is 30.9 Å². The maximum absolute atomic E-state index is 12.8. The molecule has 0 aromatic heterocycles. The second-order valence-corrected chi connectivity index (χ2v) is 3.59. The molecule has 0 aliphatic heterocycles. The average molecular weight is 226 g/mol. The number of rotatable bonds is 5. The smallest absolute Gasteiger partial charge is 0.309 e. The molecule has 0 atom stereocenters. The van der Waals surface area contributed by atoms with Gasteiger partial charge in [0.05, 0.1) is 19.1 Å². The summed E-state index contributed by atoms with van der Waals surface area (Å²) < 4.78 is 22.9. The molecule has 0 unspecified atom stereocenters. The van der Waals surface area contributed by atoms with Crippen LogP contribution in [0.1, 0.15) is 20.3 Å². The Morgan fingerprint density at radius 1 is 1.44 bits per heavy atom. The van der Waals surface area contributed by atoms with Gasteiger partial charge in [-0.2, -0.15) is 0 Å². The molecular weight excluding hydrogens is 211 g/mol. The number of hydrogen-bond acceptors (Lipinski definition) is 3. The topological polar surface area (TPSA) is 35.5 Å². The Balaban J connectivity index is 2.28. The van der Waals surface area contributed by atoms with Gasteiger partial charge in [0.2, 0.25) is 0 Å². The fraction of sp³-hybridized carbons (Fsp3) is 0.417. The lowest BCUT2D eigenvalue weighted by atomic mass is 10.3. The Hall–Kier alpha value is -1.58. The molecule has 4 heteroatoms. The molecule has 0 aliphatic carbocycles. The fourth-order valence-corrected chi connectivity index (χ4v) is 1.13. The number of benzene rings is 1. The van der Waals surface area contributed by atoms with Crippen molar-refractivity contribution < 1.29 is 18.7 Å². The van der Waals surface area contributed by atoms with Crippen molar-refractivity contribution in [1.29, 1.82) is 0 Å². The molecule has 1 aromatic rings. The molecule has 1 aromatic carbocycles. The molecule has 0 saturated heterocycles. The summed E-state index contributed by atoms with van der Waals surface area (Å²) in [6, 6.07) is 5.79. The summed E-state index contributed by atoms with van der Waals surface area (Å²) >= 11 is 0. The quantitative estimate of drug-likeness (QED) is 0.724. The van der Waals surface area contributed by atoms with Gasteiger partial charge in [-0.3, -0.25) is 4.79 Å². The number of ether oxygens (including phenoxy) is 2. The van der Waals surface area contributed by atoms with Crippen LogP contribution in [0.25, 0.3) is 0 Å². The summed E-state index contributed by atoms with van der Waals surface area (Å²) in [6.45, 7) is 3.76. The van der Waals surface area contributed by atoms with E-state index in [4.69, 9.17) is 9.47 Å². The highest BCUT2D eigenvalue weighted by atomic mass is 19.1. The van der Waals surface area contributed by atoms with E-state index < -0.39 is 0 Å². The van der Waals surface area contributed by atoms with Gasteiger partial charge in [0.1, 0.15) is 11.6 Å². The molecule has 0 saturated carbocycles. The van der Waals surface area contributed by atoms with Gasteiger partial charge in [0.25, 0.3) is 0 Å². The lowest BCUT2D eigenvalue weighted by Crippen LogP contribution is -2.14. The third-order valence-electron chi connectivity index (χ3n) is 1.74. The van der Waals surface area contributed by atoms with Crippen molar-refractivity contribution in [1.82, 2.24) is 0 Å². The summed E-state index contributed by atoms with van der Waals surface area (Å²) in [7, 11) is 0. The van der Waals surface area contributed by atoms with Crippen molar-refractivity contribution in [2.75, 3.05) is 6.61 Å². The zero-order valence-electron chi connectivity index (χ0n) is 9.40. The minimum Gasteiger partial charge on any atom is -0.493 e. The van der Waals surface area contributed by atoms with E-state index in [1.165, 1.54) is 12.1 Å². The first-order valence-corrected chi connectivity index (χ1v) is 5.16. The Bertz CT molecular complexity index is 350. The van der Waals surface area contributed by atoms with E-state index in [2.05, 4.69) is 0 Å². The third-order valence-corrected chi connectivity index (χ3v) is 1.74. The number of hydrogen-bond donors (Lipinski definition) is 0. The van der Waals surface area contributed by atoms with Gasteiger partial charge in [0.15, 0.2) is 0 Å². The molecule has 0 amide bonds. The van der Waals surface area contributed by atoms with Crippen molar-refractivity contribution in [3.8, 4) is 5.75 Å². The number of esters is 1. The highest BCUT2D eigenvalue weighted by molar-refractivity contribution is 5.69. The SMILES string of the molecule is CC(C)OC(=O)CCOc1cccc(F)c1. The Morgan fingerprint density at radius 2 is 2.19 bits per heavy atom. The van der Waals surface area contributed by atoms with Crippen molar-refractivity contribution >= 4 is 5.97 Å². The van der Waals surface area contributed by atoms with Crippen LogP contribution in [0.3, 0.4) is 0 Å². The summed E-state index contributed by atoms with van der Waals surface area (Å²) in [4.78, 5) is 11.1. The van der Waals surface area contributed by atoms with E-state index in [0.29, 0.717) is 5.75 Å². The molecule has 0 heterocycles. The Morgan fingerprint density at radius 3 is 2.81 bits per heavy atom. The lowest BCUT2D eigenvalue weighted by Gasteiger charge is -2.08. The van der Waals surface area contributed by atoms with E-state index in [1.807, 2.05) is 0 Å². The standard InChI is InChI=1S/C12H15FO3/c1-9(2)16-12(14)6-7-15-11-5-3-4-10(13)8-11/h3-5,8-9H,6-7H2,1-2H3. The molecule has 0 bridgehead atoms. The molecule has 0 aliphatic rings. The minimum absolute atomic E-state index is 0.123. The molecule has 0 spiro atoms. The van der Waals surface area contributed by atoms with Gasteiger partial charge in [-0.05, 0) is 26.0 Å². The maximum atomic E-state index is 12.8. The largest absolute Gasteiger partial charge is 0.493 e. The van der Waals surface area contributed by atoms with Crippen LogP contribution in [0.15, 0.2) is 24.3 Å². The molecule has 0 fully saturated rings. The summed E-state index contributed by atoms with van der Waals surface area (Å²) in [5.74, 6) is -0.258. The number of halogens is 1. The Labute approximate surface area is 94.2 Å². The molecular formula is C12H15FO3. The van der Waals surface area contributed by atoms with Gasteiger partial charge >= 0.3 is 5.97 Å². The third kappa shape index (κ3) is 4.77. The van der Waals surface area contributed by atoms with Gasteiger partial charge in [-0.1, -0.05) is 6.07 Å². The van der Waals surface area contributed by atoms with E-state index in [0.717, 1.165) is 0 Å². The van der Waals surface area contributed by atoms with Crippen LogP contribution in [0.5, 0.6) is 5.75 Å². The number of carbonyl (C=O) groups excluding carboxylic acids is 1. The molecule has 0 N–H and O–H groups in total. The average Bonchev–Trinajstić information content (AvgIpc) is 2.16. The van der Waals surface area contributed by atoms with Crippen LogP contribution in [-0.4, -0.2) is 18.7 Å². The fourth-order valence-electron chi connectivity index (χ4n) is 1.13. The van der Waals surface area contributed by atoms with Crippen molar-refractivity contribution in [2.45, 2.75) is 26.4 Å². The zero-order valence-corrected chi connectivity index (χ0v) is 9.40. The van der Waals surface area contributed by atoms with Crippen LogP contribution in [0.2, 0.25) is 0 Å². The predicted molar refractivity (Wildman–Crippen MR) is 57.7 cm³/mol. The number of carbonyl (C=O) groups is 1. The Kier molecular flexibility index (Phi) is 4.76. The van der Waals surface area contributed by atoms with Crippen LogP contribution < -0.4 is 4.74 Å². The molecule has 3 nitrogen and oxygen atoms in total. The van der Waals surface area contributed by atoms with Gasteiger partial charge in [-0.15, -0.1) is 0 Å². The van der Waals surface area contributed by atoms with E-state index in [1.54, 1.807) is 26.0 Å². The lowest BCUT2D eigenvalue weighted by molar-refractivity contribution is -0.147. The molecule has 1 rings (SSSR count). The van der Waals surface area contributed by atoms with Crippen LogP contribution >= 0.6 is 0 Å². The summed E-state index contributed by atoms with van der Waals surface area (Å²) in [5, 5.41) is 0. The predicted octanol–water partition coefficient (Wildman–Crippen LogP) is 2.55. The van der Waals surface area contributed by atoms with Gasteiger partial charge < -0.3 is 9.47 Å². The molecule has 88 valence electrons. The van der Waals surface area contributed by atoms with Crippen molar-refractivity contribution in [2.24, 2.45) is 0 Å². The molecule has 0 radical (unpaired) electrons. The van der Waals surface area contributed by atoms with Gasteiger partial charge in [-0.25, -0.2) is 4.39 Å². The highest BCUT2D eigenvalue weighted by Crippen LogP contribution is 2.12. The first-order valence-electron chi connectivity index (χ1n) is 5.16. The van der Waals surface area contributed by atoms with Crippen LogP contribution in [0.4, 0.5) is 4.39 Å². The van der Waals surface area contributed by atoms with Crippen molar-refractivity contribution in [3.05, 3.63) is 30.1 Å². The summed E-state index contributed by atoms with van der Waals surface area (Å²) in [6.07, 6.45) is 0.0379. The van der Waals surface area contributed by atoms with E-state index >= 15 is 0 Å². The summed E-state index contributed by atoms with van der Waals surface area (Å²) in [5.41, 5.74) is 0. The normalized spacial score (nSPS) is 10.2. The minimum atomic E-state index is -0.359. The van der Waals surface area contributed by atoms with Gasteiger partial charge in [0, 0.05) is 6.07 Å². The second kappa shape index (κ2) is 6.10. The first kappa shape index (κ1) is 12.5.